The minimum Gasteiger partial charge on any atom is -0.350 e. The topological polar surface area (TPSA) is 87.5 Å². The highest BCUT2D eigenvalue weighted by atomic mass is 16.2. The van der Waals surface area contributed by atoms with Crippen LogP contribution < -0.4 is 16.4 Å². The zero-order valence-corrected chi connectivity index (χ0v) is 12.9. The minimum atomic E-state index is -0.319. The molecule has 0 aliphatic carbocycles. The molecule has 0 saturated carbocycles. The van der Waals surface area contributed by atoms with E-state index in [0.29, 0.717) is 6.04 Å². The van der Waals surface area contributed by atoms with Crippen LogP contribution in [0.1, 0.15) is 18.9 Å². The van der Waals surface area contributed by atoms with Gasteiger partial charge in [0.2, 0.25) is 11.8 Å². The summed E-state index contributed by atoms with van der Waals surface area (Å²) in [6, 6.07) is 10.9. The zero-order valence-electron chi connectivity index (χ0n) is 12.9. The number of nitrogens with two attached hydrogens (primary N) is 1. The predicted octanol–water partition coefficient (Wildman–Crippen LogP) is -0.159. The van der Waals surface area contributed by atoms with Crippen molar-refractivity contribution in [1.29, 1.82) is 0 Å². The van der Waals surface area contributed by atoms with Gasteiger partial charge in [0.1, 0.15) is 0 Å². The molecule has 6 heteroatoms. The van der Waals surface area contributed by atoms with E-state index in [4.69, 9.17) is 5.73 Å². The molecule has 1 aromatic carbocycles. The van der Waals surface area contributed by atoms with E-state index >= 15 is 0 Å². The van der Waals surface area contributed by atoms with Crippen LogP contribution in [0.4, 0.5) is 0 Å². The molecule has 1 aliphatic rings. The van der Waals surface area contributed by atoms with Crippen molar-refractivity contribution in [2.45, 2.75) is 32.0 Å². The first-order chi connectivity index (χ1) is 10.6. The van der Waals surface area contributed by atoms with E-state index in [1.165, 1.54) is 5.56 Å². The van der Waals surface area contributed by atoms with Crippen LogP contribution in [0.15, 0.2) is 30.3 Å². The van der Waals surface area contributed by atoms with Crippen molar-refractivity contribution in [2.75, 3.05) is 19.6 Å². The smallest absolute Gasteiger partial charge is 0.239 e. The van der Waals surface area contributed by atoms with Crippen molar-refractivity contribution in [3.63, 3.8) is 0 Å². The number of hydrogen-bond donors (Lipinski definition) is 3. The predicted molar refractivity (Wildman–Crippen MR) is 84.9 cm³/mol. The van der Waals surface area contributed by atoms with Gasteiger partial charge in [-0.1, -0.05) is 30.3 Å². The Morgan fingerprint density at radius 3 is 2.68 bits per heavy atom. The van der Waals surface area contributed by atoms with Gasteiger partial charge in [0.15, 0.2) is 0 Å². The highest BCUT2D eigenvalue weighted by molar-refractivity contribution is 5.85. The number of amides is 2. The number of benzene rings is 1. The molecule has 0 aromatic heterocycles. The number of likely N-dealkylation sites (tertiary alicyclic amines) is 1. The number of rotatable bonds is 6. The Morgan fingerprint density at radius 1 is 1.27 bits per heavy atom. The maximum absolute atomic E-state index is 11.8. The average Bonchev–Trinajstić information content (AvgIpc) is 2.85. The third kappa shape index (κ3) is 4.82. The van der Waals surface area contributed by atoms with Gasteiger partial charge < -0.3 is 16.4 Å². The van der Waals surface area contributed by atoms with Crippen LogP contribution in [0.2, 0.25) is 0 Å². The largest absolute Gasteiger partial charge is 0.350 e. The lowest BCUT2D eigenvalue weighted by atomic mass is 10.2. The molecule has 1 aliphatic heterocycles. The SMILES string of the molecule is CC1CC(NC(=O)CNC(=O)CN)CN1Cc1ccccc1. The molecule has 1 saturated heterocycles. The number of nitrogens with one attached hydrogen (secondary N) is 2. The Labute approximate surface area is 131 Å². The van der Waals surface area contributed by atoms with Crippen LogP contribution in [0.25, 0.3) is 0 Å². The molecule has 0 radical (unpaired) electrons. The first-order valence-electron chi connectivity index (χ1n) is 7.62. The lowest BCUT2D eigenvalue weighted by Crippen LogP contribution is -2.44. The molecule has 6 nitrogen and oxygen atoms in total. The van der Waals surface area contributed by atoms with Crippen molar-refractivity contribution in [1.82, 2.24) is 15.5 Å². The van der Waals surface area contributed by atoms with Gasteiger partial charge in [-0.2, -0.15) is 0 Å². The van der Waals surface area contributed by atoms with Crippen LogP contribution in [-0.4, -0.2) is 48.4 Å². The summed E-state index contributed by atoms with van der Waals surface area (Å²) in [6.45, 7) is 3.77. The van der Waals surface area contributed by atoms with Crippen molar-refractivity contribution in [3.8, 4) is 0 Å². The van der Waals surface area contributed by atoms with Gasteiger partial charge >= 0.3 is 0 Å². The second-order valence-corrected chi connectivity index (χ2v) is 5.75. The molecule has 2 rings (SSSR count). The summed E-state index contributed by atoms with van der Waals surface area (Å²) in [5.74, 6) is -0.485. The average molecular weight is 304 g/mol. The molecule has 2 atom stereocenters. The molecule has 1 fully saturated rings. The Bertz CT molecular complexity index is 506. The Balaban J connectivity index is 1.78. The van der Waals surface area contributed by atoms with E-state index in [-0.39, 0.29) is 30.9 Å². The summed E-state index contributed by atoms with van der Waals surface area (Å²) < 4.78 is 0. The maximum atomic E-state index is 11.8. The van der Waals surface area contributed by atoms with Gasteiger partial charge in [-0.25, -0.2) is 0 Å². The lowest BCUT2D eigenvalue weighted by Gasteiger charge is -2.20. The Morgan fingerprint density at radius 2 is 2.00 bits per heavy atom. The fourth-order valence-electron chi connectivity index (χ4n) is 2.77. The summed E-state index contributed by atoms with van der Waals surface area (Å²) in [4.78, 5) is 25.2. The number of hydrogen-bond acceptors (Lipinski definition) is 4. The van der Waals surface area contributed by atoms with Crippen molar-refractivity contribution in [3.05, 3.63) is 35.9 Å². The maximum Gasteiger partial charge on any atom is 0.239 e. The van der Waals surface area contributed by atoms with E-state index in [2.05, 4.69) is 34.6 Å². The summed E-state index contributed by atoms with van der Waals surface area (Å²) in [6.07, 6.45) is 0.920. The van der Waals surface area contributed by atoms with Gasteiger partial charge in [0.25, 0.3) is 0 Å². The van der Waals surface area contributed by atoms with Gasteiger partial charge in [-0.15, -0.1) is 0 Å². The van der Waals surface area contributed by atoms with E-state index in [1.54, 1.807) is 0 Å². The molecule has 22 heavy (non-hydrogen) atoms. The van der Waals surface area contributed by atoms with Gasteiger partial charge in [-0.3, -0.25) is 14.5 Å². The van der Waals surface area contributed by atoms with Crippen LogP contribution >= 0.6 is 0 Å². The highest BCUT2D eigenvalue weighted by Crippen LogP contribution is 2.20. The Kier molecular flexibility index (Phi) is 5.91. The van der Waals surface area contributed by atoms with Crippen molar-refractivity contribution in [2.24, 2.45) is 5.73 Å². The molecule has 1 heterocycles. The molecular formula is C16H24N4O2. The molecule has 2 unspecified atom stereocenters. The molecule has 2 amide bonds. The van der Waals surface area contributed by atoms with Crippen LogP contribution in [0.5, 0.6) is 0 Å². The standard InChI is InChI=1S/C16H24N4O2/c1-12-7-14(19-16(22)9-18-15(21)8-17)11-20(12)10-13-5-3-2-4-6-13/h2-6,12,14H,7-11,17H2,1H3,(H,18,21)(H,19,22). The lowest BCUT2D eigenvalue weighted by molar-refractivity contribution is -0.125. The summed E-state index contributed by atoms with van der Waals surface area (Å²) in [7, 11) is 0. The fourth-order valence-corrected chi connectivity index (χ4v) is 2.77. The van der Waals surface area contributed by atoms with Crippen LogP contribution in [0.3, 0.4) is 0 Å². The van der Waals surface area contributed by atoms with E-state index in [0.717, 1.165) is 19.5 Å². The second kappa shape index (κ2) is 7.91. The third-order valence-electron chi connectivity index (χ3n) is 3.93. The Hall–Kier alpha value is -1.92. The molecular weight excluding hydrogens is 280 g/mol. The summed E-state index contributed by atoms with van der Waals surface area (Å²) in [5, 5.41) is 5.45. The molecule has 4 N–H and O–H groups in total. The monoisotopic (exact) mass is 304 g/mol. The number of carbonyl (C=O) groups excluding carboxylic acids is 2. The van der Waals surface area contributed by atoms with Gasteiger partial charge in [0, 0.05) is 25.2 Å². The minimum absolute atomic E-state index is 0.0143. The van der Waals surface area contributed by atoms with E-state index in [9.17, 15) is 9.59 Å². The highest BCUT2D eigenvalue weighted by Gasteiger charge is 2.29. The van der Waals surface area contributed by atoms with Gasteiger partial charge in [-0.05, 0) is 18.9 Å². The molecule has 1 aromatic rings. The number of carbonyl (C=O) groups is 2. The summed E-state index contributed by atoms with van der Waals surface area (Å²) in [5.41, 5.74) is 6.46. The van der Waals surface area contributed by atoms with E-state index < -0.39 is 0 Å². The van der Waals surface area contributed by atoms with Crippen LogP contribution in [0, 0.1) is 0 Å². The number of nitrogens with zero attached hydrogens (tertiary/aromatic N) is 1. The van der Waals surface area contributed by atoms with Gasteiger partial charge in [0.05, 0.1) is 13.1 Å². The molecule has 120 valence electrons. The van der Waals surface area contributed by atoms with Crippen molar-refractivity contribution < 1.29 is 9.59 Å². The third-order valence-corrected chi connectivity index (χ3v) is 3.93. The van der Waals surface area contributed by atoms with Crippen LogP contribution in [-0.2, 0) is 16.1 Å². The second-order valence-electron chi connectivity index (χ2n) is 5.75. The quantitative estimate of drug-likeness (QED) is 0.681. The van der Waals surface area contributed by atoms with E-state index in [1.807, 2.05) is 18.2 Å². The van der Waals surface area contributed by atoms with Crippen molar-refractivity contribution >= 4 is 11.8 Å². The first kappa shape index (κ1) is 16.5. The summed E-state index contributed by atoms with van der Waals surface area (Å²) >= 11 is 0. The first-order valence-corrected chi connectivity index (χ1v) is 7.62. The fraction of sp³-hybridized carbons (Fsp3) is 0.500. The molecule has 0 bridgehead atoms. The molecule has 0 spiro atoms. The zero-order chi connectivity index (χ0) is 15.9. The normalized spacial score (nSPS) is 21.5.